The van der Waals surface area contributed by atoms with Crippen molar-refractivity contribution in [1.29, 1.82) is 0 Å². The Hall–Kier alpha value is -7.00. The number of carboxylic acids is 2. The van der Waals surface area contributed by atoms with Gasteiger partial charge in [0, 0.05) is 36.6 Å². The number of unbranched alkanes of at least 4 members (excludes halogenated alkanes) is 1. The molecule has 2 aromatic heterocycles. The summed E-state index contributed by atoms with van der Waals surface area (Å²) in [6.45, 7) is 13.1. The van der Waals surface area contributed by atoms with Crippen LogP contribution in [0.5, 0.6) is 0 Å². The van der Waals surface area contributed by atoms with Crippen LogP contribution in [0.15, 0.2) is 25.0 Å². The number of carboxylic acid groups (broad SMARTS) is 2. The highest BCUT2D eigenvalue weighted by molar-refractivity contribution is 5.98. The molecule has 27 nitrogen and oxygen atoms in total. The zero-order chi connectivity index (χ0) is 56.5. The molecule has 0 aliphatic heterocycles. The molecule has 0 radical (unpaired) electrons. The summed E-state index contributed by atoms with van der Waals surface area (Å²) in [4.78, 5) is 147. The molecule has 0 unspecified atom stereocenters. The van der Waals surface area contributed by atoms with Gasteiger partial charge < -0.3 is 79.3 Å². The summed E-state index contributed by atoms with van der Waals surface area (Å²) in [6.07, 6.45) is 5.74. The van der Waals surface area contributed by atoms with Gasteiger partial charge in [0.2, 0.25) is 47.3 Å². The zero-order valence-electron chi connectivity index (χ0n) is 44.1. The molecule has 0 saturated carbocycles. The number of rotatable bonds is 35. The third-order valence-electron chi connectivity index (χ3n) is 12.1. The van der Waals surface area contributed by atoms with Crippen molar-refractivity contribution in [3.63, 3.8) is 0 Å². The molecule has 0 saturated heterocycles. The van der Waals surface area contributed by atoms with E-state index in [9.17, 15) is 58.2 Å². The van der Waals surface area contributed by atoms with E-state index in [0.717, 1.165) is 0 Å². The second-order valence-electron chi connectivity index (χ2n) is 19.8. The van der Waals surface area contributed by atoms with Crippen molar-refractivity contribution in [2.45, 2.75) is 168 Å². The smallest absolute Gasteiger partial charge is 0.326 e. The predicted octanol–water partition coefficient (Wildman–Crippen LogP) is -2.40. The number of hydrogen-bond donors (Lipinski definition) is 15. The molecule has 0 aliphatic rings. The first-order chi connectivity index (χ1) is 35.3. The first-order valence-electron chi connectivity index (χ1n) is 25.2. The van der Waals surface area contributed by atoms with Crippen molar-refractivity contribution in [3.05, 3.63) is 36.4 Å². The molecule has 8 amide bonds. The van der Waals surface area contributed by atoms with Gasteiger partial charge in [-0.2, -0.15) is 0 Å². The Morgan fingerprint density at radius 1 is 0.560 bits per heavy atom. The topological polar surface area (TPSA) is 437 Å². The molecule has 0 aliphatic carbocycles. The minimum atomic E-state index is -1.57. The van der Waals surface area contributed by atoms with E-state index >= 15 is 0 Å². The van der Waals surface area contributed by atoms with Gasteiger partial charge >= 0.3 is 11.9 Å². The van der Waals surface area contributed by atoms with Gasteiger partial charge in [-0.05, 0) is 62.3 Å². The quantitative estimate of drug-likeness (QED) is 0.0320. The fraction of sp³-hybridized carbons (Fsp3) is 0.667. The van der Waals surface area contributed by atoms with Crippen LogP contribution in [-0.2, 0) is 60.8 Å². The molecule has 0 fully saturated rings. The molecule has 75 heavy (non-hydrogen) atoms. The summed E-state index contributed by atoms with van der Waals surface area (Å²) >= 11 is 0. The van der Waals surface area contributed by atoms with E-state index < -0.39 is 138 Å². The Bertz CT molecular complexity index is 2170. The molecule has 0 bridgehead atoms. The Morgan fingerprint density at radius 2 is 0.987 bits per heavy atom. The zero-order valence-corrected chi connectivity index (χ0v) is 44.1. The lowest BCUT2D eigenvalue weighted by atomic mass is 9.97. The summed E-state index contributed by atoms with van der Waals surface area (Å²) in [5.74, 6) is -10.9. The van der Waals surface area contributed by atoms with Crippen LogP contribution in [0.25, 0.3) is 0 Å². The fourth-order valence-corrected chi connectivity index (χ4v) is 7.65. The third kappa shape index (κ3) is 22.6. The van der Waals surface area contributed by atoms with Crippen molar-refractivity contribution in [2.24, 2.45) is 35.1 Å². The number of hydrogen-bond acceptors (Lipinski definition) is 15. The number of amides is 8. The highest BCUT2D eigenvalue weighted by Crippen LogP contribution is 2.14. The van der Waals surface area contributed by atoms with Gasteiger partial charge in [0.05, 0.1) is 31.7 Å². The average molecular weight is 1060 g/mol. The van der Waals surface area contributed by atoms with Crippen molar-refractivity contribution in [1.82, 2.24) is 62.5 Å². The lowest BCUT2D eigenvalue weighted by Gasteiger charge is -2.29. The van der Waals surface area contributed by atoms with E-state index in [1.54, 1.807) is 55.4 Å². The number of imidazole rings is 2. The highest BCUT2D eigenvalue weighted by atomic mass is 16.4. The van der Waals surface area contributed by atoms with Crippen LogP contribution < -0.4 is 54.0 Å². The van der Waals surface area contributed by atoms with Crippen LogP contribution in [0.1, 0.15) is 112 Å². The third-order valence-corrected chi connectivity index (χ3v) is 12.1. The second kappa shape index (κ2) is 32.3. The minimum absolute atomic E-state index is 0.0200. The maximum atomic E-state index is 14.4. The molecular weight excluding hydrogens is 981 g/mol. The molecule has 10 atom stereocenters. The van der Waals surface area contributed by atoms with Crippen LogP contribution in [0.3, 0.4) is 0 Å². The van der Waals surface area contributed by atoms with Crippen LogP contribution in [-0.4, -0.2) is 162 Å². The van der Waals surface area contributed by atoms with E-state index in [0.29, 0.717) is 30.7 Å². The predicted molar refractivity (Wildman–Crippen MR) is 271 cm³/mol. The summed E-state index contributed by atoms with van der Waals surface area (Å²) in [7, 11) is 0. The largest absolute Gasteiger partial charge is 0.481 e. The van der Waals surface area contributed by atoms with Crippen LogP contribution in [0, 0.1) is 23.7 Å². The van der Waals surface area contributed by atoms with E-state index in [4.69, 9.17) is 16.6 Å². The highest BCUT2D eigenvalue weighted by Gasteiger charge is 2.37. The Balaban J connectivity index is 2.44. The number of aliphatic hydroxyl groups excluding tert-OH is 1. The fourth-order valence-electron chi connectivity index (χ4n) is 7.65. The van der Waals surface area contributed by atoms with Gasteiger partial charge in [-0.3, -0.25) is 43.2 Å². The van der Waals surface area contributed by atoms with Crippen molar-refractivity contribution in [3.8, 4) is 0 Å². The number of carbonyl (C=O) groups is 10. The van der Waals surface area contributed by atoms with Gasteiger partial charge in [0.25, 0.3) is 0 Å². The maximum absolute atomic E-state index is 14.4. The Labute approximate surface area is 436 Å². The molecule has 0 aromatic carbocycles. The van der Waals surface area contributed by atoms with Gasteiger partial charge in [-0.15, -0.1) is 0 Å². The van der Waals surface area contributed by atoms with Crippen LogP contribution >= 0.6 is 0 Å². The van der Waals surface area contributed by atoms with E-state index in [1.807, 2.05) is 0 Å². The molecule has 2 aromatic rings. The molecule has 2 heterocycles. The number of H-pyrrole nitrogens is 2. The molecule has 2 rings (SSSR count). The molecule has 27 heteroatoms. The SMILES string of the molecule is CC[C@H](C)[C@H](NC(=O)[C@@H](N)CC(=O)O)C(=O)N[C@@H](Cc1cnc[nH]1)C(=O)N[C@@H](Cc1cnc[nH]1)C(=O)N[C@@H](CCCCN)C(=O)N[C@H](C(=O)N[C@@H](CC(C)C)C(=O)N[C@@H](CO)C(=O)N[C@@H](CC(C)C)C(=O)O)C(C)C. The lowest BCUT2D eigenvalue weighted by molar-refractivity contribution is -0.143. The molecule has 420 valence electrons. The van der Waals surface area contributed by atoms with E-state index in [1.165, 1.54) is 25.0 Å². The van der Waals surface area contributed by atoms with Gasteiger partial charge in [-0.25, -0.2) is 14.8 Å². The van der Waals surface area contributed by atoms with Crippen LogP contribution in [0.2, 0.25) is 0 Å². The number of nitrogens with one attached hydrogen (secondary N) is 10. The first-order valence-corrected chi connectivity index (χ1v) is 25.2. The summed E-state index contributed by atoms with van der Waals surface area (Å²) < 4.78 is 0. The number of aliphatic carboxylic acids is 2. The van der Waals surface area contributed by atoms with Crippen LogP contribution in [0.4, 0.5) is 0 Å². The molecule has 17 N–H and O–H groups in total. The van der Waals surface area contributed by atoms with E-state index in [-0.39, 0.29) is 50.5 Å². The lowest BCUT2D eigenvalue weighted by Crippen LogP contribution is -2.62. The number of aliphatic hydroxyl groups is 1. The first kappa shape index (κ1) is 64.1. The van der Waals surface area contributed by atoms with Crippen molar-refractivity contribution >= 4 is 59.2 Å². The number of aromatic nitrogens is 4. The number of nitrogens with zero attached hydrogens (tertiary/aromatic N) is 2. The van der Waals surface area contributed by atoms with Crippen molar-refractivity contribution in [2.75, 3.05) is 13.2 Å². The average Bonchev–Trinajstić information content (AvgIpc) is 4.06. The van der Waals surface area contributed by atoms with Gasteiger partial charge in [-0.1, -0.05) is 61.8 Å². The Kier molecular flexibility index (Phi) is 27.6. The summed E-state index contributed by atoms with van der Waals surface area (Å²) in [5.41, 5.74) is 12.4. The number of aromatic amines is 2. The maximum Gasteiger partial charge on any atom is 0.326 e. The van der Waals surface area contributed by atoms with Crippen molar-refractivity contribution < 1.29 is 63.3 Å². The standard InChI is InChI=1S/C48H80N14O13/c1-9-27(8)39(62-40(66)30(50)18-37(64)65)47(73)58-34(17-29-20-52-23-54-29)44(70)56-33(16-28-19-51-22-53-28)43(69)55-31(12-10-11-13-49)41(67)61-38(26(6)7)46(72)57-32(14-24(2)3)42(68)60-36(21-63)45(71)59-35(48(74)75)15-25(4)5/h19-20,22-27,30-36,38-39,63H,9-18,21,49-50H2,1-8H3,(H,51,53)(H,52,54)(H,55,69)(H,56,70)(H,57,72)(H,58,73)(H,59,71)(H,60,68)(H,61,67)(H,62,66)(H,64,65)(H,74,75)/t27-,30-,31-,32-,33-,34-,35-,36-,38-,39-/m0/s1. The van der Waals surface area contributed by atoms with Gasteiger partial charge in [0.15, 0.2) is 0 Å². The summed E-state index contributed by atoms with van der Waals surface area (Å²) in [5, 5.41) is 49.4. The Morgan fingerprint density at radius 3 is 1.44 bits per heavy atom. The molecular formula is C48H80N14O13. The second-order valence-corrected chi connectivity index (χ2v) is 19.8. The van der Waals surface area contributed by atoms with Gasteiger partial charge in [0.1, 0.15) is 48.3 Å². The summed E-state index contributed by atoms with van der Waals surface area (Å²) in [6, 6.07) is -12.4. The number of nitrogens with two attached hydrogens (primary N) is 2. The molecule has 0 spiro atoms. The van der Waals surface area contributed by atoms with E-state index in [2.05, 4.69) is 62.5 Å². The monoisotopic (exact) mass is 1060 g/mol. The minimum Gasteiger partial charge on any atom is -0.481 e. The number of carbonyl (C=O) groups excluding carboxylic acids is 8. The normalized spacial score (nSPS) is 15.4.